The molecule has 0 N–H and O–H groups in total. The van der Waals surface area contributed by atoms with Crippen LogP contribution in [0.5, 0.6) is 0 Å². The fraction of sp³-hybridized carbons (Fsp3) is 0.609. The van der Waals surface area contributed by atoms with Gasteiger partial charge in [-0.05, 0) is 61.7 Å². The third kappa shape index (κ3) is 5.76. The standard InChI is InChI=1S/C23H32ClN5OS/c1-2-3-11-28-22(19-6-8-20(24)9-7-19)25-29(23(28)31)12-10-21(30)27-15-13-26(14-16-27)17-18-4-5-18/h6-9,18H,2-5,10-17H2,1H3. The lowest BCUT2D eigenvalue weighted by Crippen LogP contribution is -2.49. The van der Waals surface area contributed by atoms with Crippen LogP contribution < -0.4 is 0 Å². The summed E-state index contributed by atoms with van der Waals surface area (Å²) in [5, 5.41) is 5.48. The number of benzene rings is 1. The van der Waals surface area contributed by atoms with Gasteiger partial charge in [-0.1, -0.05) is 24.9 Å². The van der Waals surface area contributed by atoms with Gasteiger partial charge in [-0.3, -0.25) is 14.3 Å². The predicted molar refractivity (Wildman–Crippen MR) is 127 cm³/mol. The number of hydrogen-bond acceptors (Lipinski definition) is 4. The van der Waals surface area contributed by atoms with E-state index in [0.717, 1.165) is 62.9 Å². The molecule has 1 aromatic carbocycles. The number of nitrogens with zero attached hydrogens (tertiary/aromatic N) is 5. The molecule has 0 unspecified atom stereocenters. The van der Waals surface area contributed by atoms with Gasteiger partial charge in [-0.15, -0.1) is 0 Å². The third-order valence-corrected chi connectivity index (χ3v) is 6.92. The lowest BCUT2D eigenvalue weighted by molar-refractivity contribution is -0.133. The molecule has 2 aliphatic rings. The number of halogens is 1. The Kier molecular flexibility index (Phi) is 7.46. The van der Waals surface area contributed by atoms with Crippen molar-refractivity contribution in [3.63, 3.8) is 0 Å². The second-order valence-electron chi connectivity index (χ2n) is 8.72. The van der Waals surface area contributed by atoms with Crippen molar-refractivity contribution in [1.82, 2.24) is 24.1 Å². The van der Waals surface area contributed by atoms with Gasteiger partial charge in [0.25, 0.3) is 0 Å². The van der Waals surface area contributed by atoms with E-state index in [4.69, 9.17) is 28.9 Å². The summed E-state index contributed by atoms with van der Waals surface area (Å²) >= 11 is 11.8. The van der Waals surface area contributed by atoms with Crippen LogP contribution in [0.1, 0.15) is 39.0 Å². The summed E-state index contributed by atoms with van der Waals surface area (Å²) in [5.41, 5.74) is 0.989. The van der Waals surface area contributed by atoms with Gasteiger partial charge in [-0.2, -0.15) is 5.10 Å². The minimum atomic E-state index is 0.198. The van der Waals surface area contributed by atoms with E-state index in [2.05, 4.69) is 16.4 Å². The Labute approximate surface area is 194 Å². The van der Waals surface area contributed by atoms with Crippen molar-refractivity contribution in [3.05, 3.63) is 34.1 Å². The van der Waals surface area contributed by atoms with Crippen molar-refractivity contribution < 1.29 is 4.79 Å². The summed E-state index contributed by atoms with van der Waals surface area (Å²) in [6.45, 7) is 8.36. The summed E-state index contributed by atoms with van der Waals surface area (Å²) in [6.07, 6.45) is 5.30. The topological polar surface area (TPSA) is 46.3 Å². The highest BCUT2D eigenvalue weighted by Gasteiger charge is 2.27. The first-order valence-corrected chi connectivity index (χ1v) is 12.3. The fourth-order valence-corrected chi connectivity index (χ4v) is 4.56. The molecule has 0 bridgehead atoms. The molecule has 1 aromatic heterocycles. The number of amides is 1. The number of unbranched alkanes of at least 4 members (excludes halogenated alkanes) is 1. The molecule has 8 heteroatoms. The number of piperazine rings is 1. The van der Waals surface area contributed by atoms with Crippen LogP contribution >= 0.6 is 23.8 Å². The lowest BCUT2D eigenvalue weighted by Gasteiger charge is -2.34. The number of hydrogen-bond donors (Lipinski definition) is 0. The first-order valence-electron chi connectivity index (χ1n) is 11.5. The molecule has 0 spiro atoms. The van der Waals surface area contributed by atoms with Crippen LogP contribution in [0.2, 0.25) is 5.02 Å². The van der Waals surface area contributed by atoms with Gasteiger partial charge in [0.1, 0.15) is 0 Å². The molecule has 1 saturated carbocycles. The monoisotopic (exact) mass is 461 g/mol. The van der Waals surface area contributed by atoms with Crippen LogP contribution in [0.25, 0.3) is 11.4 Å². The van der Waals surface area contributed by atoms with Crippen LogP contribution in [0.3, 0.4) is 0 Å². The first kappa shape index (κ1) is 22.5. The minimum absolute atomic E-state index is 0.198. The molecule has 0 radical (unpaired) electrons. The number of rotatable bonds is 9. The molecule has 1 saturated heterocycles. The van der Waals surface area contributed by atoms with E-state index in [9.17, 15) is 4.79 Å². The van der Waals surface area contributed by atoms with E-state index in [1.165, 1.54) is 19.4 Å². The van der Waals surface area contributed by atoms with Crippen molar-refractivity contribution in [2.75, 3.05) is 32.7 Å². The lowest BCUT2D eigenvalue weighted by atomic mass is 10.2. The van der Waals surface area contributed by atoms with Gasteiger partial charge in [0.2, 0.25) is 5.91 Å². The van der Waals surface area contributed by atoms with Crippen molar-refractivity contribution in [3.8, 4) is 11.4 Å². The van der Waals surface area contributed by atoms with Gasteiger partial charge < -0.3 is 4.90 Å². The maximum atomic E-state index is 12.8. The average Bonchev–Trinajstić information content (AvgIpc) is 3.54. The van der Waals surface area contributed by atoms with Crippen LogP contribution in [-0.2, 0) is 17.9 Å². The molecule has 2 heterocycles. The number of carbonyl (C=O) groups is 1. The highest BCUT2D eigenvalue weighted by Crippen LogP contribution is 2.30. The van der Waals surface area contributed by atoms with Crippen molar-refractivity contribution >= 4 is 29.7 Å². The smallest absolute Gasteiger partial charge is 0.224 e. The van der Waals surface area contributed by atoms with Gasteiger partial charge in [0.15, 0.2) is 10.6 Å². The molecule has 1 aliphatic heterocycles. The van der Waals surface area contributed by atoms with Crippen LogP contribution in [-0.4, -0.2) is 62.8 Å². The van der Waals surface area contributed by atoms with Crippen LogP contribution in [0.4, 0.5) is 0 Å². The third-order valence-electron chi connectivity index (χ3n) is 6.24. The van der Waals surface area contributed by atoms with E-state index in [1.54, 1.807) is 0 Å². The van der Waals surface area contributed by atoms with Gasteiger partial charge in [0, 0.05) is 56.3 Å². The molecule has 1 aliphatic carbocycles. The van der Waals surface area contributed by atoms with Gasteiger partial charge in [0.05, 0.1) is 6.54 Å². The Hall–Kier alpha value is -1.70. The Morgan fingerprint density at radius 2 is 1.84 bits per heavy atom. The predicted octanol–water partition coefficient (Wildman–Crippen LogP) is 4.48. The summed E-state index contributed by atoms with van der Waals surface area (Å²) < 4.78 is 4.58. The Morgan fingerprint density at radius 3 is 2.48 bits per heavy atom. The molecule has 31 heavy (non-hydrogen) atoms. The highest BCUT2D eigenvalue weighted by atomic mass is 35.5. The zero-order valence-corrected chi connectivity index (χ0v) is 19.9. The van der Waals surface area contributed by atoms with Crippen LogP contribution in [0.15, 0.2) is 24.3 Å². The largest absolute Gasteiger partial charge is 0.340 e. The van der Waals surface area contributed by atoms with E-state index >= 15 is 0 Å². The quantitative estimate of drug-likeness (QED) is 0.516. The first-order chi connectivity index (χ1) is 15.0. The number of carbonyl (C=O) groups excluding carboxylic acids is 1. The molecular formula is C23H32ClN5OS. The maximum Gasteiger partial charge on any atom is 0.224 e. The molecule has 1 amide bonds. The van der Waals surface area contributed by atoms with Gasteiger partial charge in [-0.25, -0.2) is 4.68 Å². The molecule has 0 atom stereocenters. The fourth-order valence-electron chi connectivity index (χ4n) is 4.12. The zero-order chi connectivity index (χ0) is 21.8. The van der Waals surface area contributed by atoms with Crippen molar-refractivity contribution in [1.29, 1.82) is 0 Å². The minimum Gasteiger partial charge on any atom is -0.340 e. The Balaban J connectivity index is 1.40. The highest BCUT2D eigenvalue weighted by molar-refractivity contribution is 7.71. The van der Waals surface area contributed by atoms with E-state index < -0.39 is 0 Å². The Bertz CT molecular complexity index is 942. The molecule has 4 rings (SSSR count). The zero-order valence-electron chi connectivity index (χ0n) is 18.3. The summed E-state index contributed by atoms with van der Waals surface area (Å²) in [4.78, 5) is 17.3. The summed E-state index contributed by atoms with van der Waals surface area (Å²) in [7, 11) is 0. The number of aryl methyl sites for hydroxylation is 1. The van der Waals surface area contributed by atoms with Crippen molar-refractivity contribution in [2.24, 2.45) is 5.92 Å². The van der Waals surface area contributed by atoms with E-state index in [1.807, 2.05) is 33.8 Å². The summed E-state index contributed by atoms with van der Waals surface area (Å²) in [5.74, 6) is 1.95. The number of aromatic nitrogens is 3. The van der Waals surface area contributed by atoms with E-state index in [-0.39, 0.29) is 5.91 Å². The second-order valence-corrected chi connectivity index (χ2v) is 9.52. The van der Waals surface area contributed by atoms with Crippen LogP contribution in [0, 0.1) is 10.7 Å². The SMILES string of the molecule is CCCCn1c(-c2ccc(Cl)cc2)nn(CCC(=O)N2CCN(CC3CC3)CC2)c1=S. The second kappa shape index (κ2) is 10.3. The molecule has 168 valence electrons. The molecule has 2 aromatic rings. The normalized spacial score (nSPS) is 17.3. The average molecular weight is 462 g/mol. The maximum absolute atomic E-state index is 12.8. The van der Waals surface area contributed by atoms with E-state index in [0.29, 0.717) is 22.8 Å². The molecule has 2 fully saturated rings. The molecular weight excluding hydrogens is 430 g/mol. The van der Waals surface area contributed by atoms with Gasteiger partial charge >= 0.3 is 0 Å². The molecule has 6 nitrogen and oxygen atoms in total. The summed E-state index contributed by atoms with van der Waals surface area (Å²) in [6, 6.07) is 7.68. The Morgan fingerprint density at radius 1 is 1.13 bits per heavy atom. The van der Waals surface area contributed by atoms with Crippen molar-refractivity contribution in [2.45, 2.75) is 52.1 Å².